The Morgan fingerprint density at radius 1 is 1.07 bits per heavy atom. The van der Waals surface area contributed by atoms with Crippen LogP contribution in [0.15, 0.2) is 28.7 Å². The van der Waals surface area contributed by atoms with E-state index in [4.69, 9.17) is 4.42 Å². The van der Waals surface area contributed by atoms with E-state index < -0.39 is 0 Å². The van der Waals surface area contributed by atoms with E-state index in [2.05, 4.69) is 36.2 Å². The standard InChI is InChI=1S/C12H11NO/c1-7-5-9-3-4-10-6-8(2)14-12(10)11(9)13-7/h3-6,13H,1-2H3. The van der Waals surface area contributed by atoms with Crippen LogP contribution in [0.3, 0.4) is 0 Å². The number of aryl methyl sites for hydroxylation is 2. The number of furan rings is 1. The third kappa shape index (κ3) is 0.909. The van der Waals surface area contributed by atoms with Gasteiger partial charge in [-0.05, 0) is 26.0 Å². The molecule has 0 aliphatic heterocycles. The zero-order valence-corrected chi connectivity index (χ0v) is 8.22. The van der Waals surface area contributed by atoms with Crippen LogP contribution in [0.2, 0.25) is 0 Å². The SMILES string of the molecule is Cc1cc2ccc3cc(C)oc3c2[nH]1. The highest BCUT2D eigenvalue weighted by atomic mass is 16.3. The first-order valence-electron chi connectivity index (χ1n) is 4.72. The molecule has 0 saturated carbocycles. The topological polar surface area (TPSA) is 28.9 Å². The predicted octanol–water partition coefficient (Wildman–Crippen LogP) is 3.53. The van der Waals surface area contributed by atoms with Crippen LogP contribution in [0, 0.1) is 13.8 Å². The van der Waals surface area contributed by atoms with Crippen molar-refractivity contribution in [2.75, 3.05) is 0 Å². The summed E-state index contributed by atoms with van der Waals surface area (Å²) in [5.74, 6) is 0.958. The van der Waals surface area contributed by atoms with Crippen molar-refractivity contribution >= 4 is 21.9 Å². The Kier molecular flexibility index (Phi) is 1.32. The highest BCUT2D eigenvalue weighted by molar-refractivity contribution is 6.02. The summed E-state index contributed by atoms with van der Waals surface area (Å²) in [6, 6.07) is 8.41. The zero-order chi connectivity index (χ0) is 9.71. The maximum absolute atomic E-state index is 5.66. The maximum atomic E-state index is 5.66. The molecule has 0 aliphatic carbocycles. The van der Waals surface area contributed by atoms with Crippen molar-refractivity contribution in [3.63, 3.8) is 0 Å². The Morgan fingerprint density at radius 3 is 2.71 bits per heavy atom. The van der Waals surface area contributed by atoms with E-state index in [1.54, 1.807) is 0 Å². The molecule has 2 aromatic heterocycles. The number of rotatable bonds is 0. The molecule has 0 bridgehead atoms. The molecule has 14 heavy (non-hydrogen) atoms. The largest absolute Gasteiger partial charge is 0.459 e. The second-order valence-electron chi connectivity index (χ2n) is 3.76. The predicted molar refractivity (Wildman–Crippen MR) is 57.5 cm³/mol. The molecule has 0 atom stereocenters. The van der Waals surface area contributed by atoms with Crippen LogP contribution >= 0.6 is 0 Å². The van der Waals surface area contributed by atoms with Gasteiger partial charge in [0.15, 0.2) is 5.58 Å². The molecule has 0 fully saturated rings. The smallest absolute Gasteiger partial charge is 0.158 e. The summed E-state index contributed by atoms with van der Waals surface area (Å²) in [4.78, 5) is 3.32. The Morgan fingerprint density at radius 2 is 1.86 bits per heavy atom. The number of hydrogen-bond donors (Lipinski definition) is 1. The summed E-state index contributed by atoms with van der Waals surface area (Å²) in [6.07, 6.45) is 0. The van der Waals surface area contributed by atoms with E-state index in [1.165, 1.54) is 11.1 Å². The number of benzene rings is 1. The van der Waals surface area contributed by atoms with E-state index in [-0.39, 0.29) is 0 Å². The van der Waals surface area contributed by atoms with Gasteiger partial charge in [0.25, 0.3) is 0 Å². The molecule has 3 aromatic rings. The van der Waals surface area contributed by atoms with E-state index in [0.29, 0.717) is 0 Å². The van der Waals surface area contributed by atoms with Gasteiger partial charge in [-0.3, -0.25) is 0 Å². The fraction of sp³-hybridized carbons (Fsp3) is 0.167. The lowest BCUT2D eigenvalue weighted by Crippen LogP contribution is -1.69. The van der Waals surface area contributed by atoms with Crippen molar-refractivity contribution < 1.29 is 4.42 Å². The number of fused-ring (bicyclic) bond motifs is 3. The molecule has 2 nitrogen and oxygen atoms in total. The van der Waals surface area contributed by atoms with E-state index >= 15 is 0 Å². The van der Waals surface area contributed by atoms with Crippen LogP contribution in [-0.2, 0) is 0 Å². The van der Waals surface area contributed by atoms with Gasteiger partial charge in [0.2, 0.25) is 0 Å². The van der Waals surface area contributed by atoms with Crippen molar-refractivity contribution in [3.8, 4) is 0 Å². The number of hydrogen-bond acceptors (Lipinski definition) is 1. The molecule has 1 aromatic carbocycles. The quantitative estimate of drug-likeness (QED) is 0.570. The second kappa shape index (κ2) is 2.41. The van der Waals surface area contributed by atoms with Crippen molar-refractivity contribution in [1.82, 2.24) is 4.98 Å². The Labute approximate surface area is 81.5 Å². The molecular formula is C12H11NO. The Balaban J connectivity index is 2.58. The van der Waals surface area contributed by atoms with Crippen LogP contribution in [-0.4, -0.2) is 4.98 Å². The molecule has 2 heteroatoms. The molecule has 0 saturated heterocycles. The van der Waals surface area contributed by atoms with Gasteiger partial charge in [0.1, 0.15) is 5.76 Å². The van der Waals surface area contributed by atoms with Crippen molar-refractivity contribution in [2.24, 2.45) is 0 Å². The molecule has 2 heterocycles. The van der Waals surface area contributed by atoms with Gasteiger partial charge >= 0.3 is 0 Å². The lowest BCUT2D eigenvalue weighted by atomic mass is 10.2. The molecule has 1 N–H and O–H groups in total. The lowest BCUT2D eigenvalue weighted by molar-refractivity contribution is 0.581. The maximum Gasteiger partial charge on any atom is 0.158 e. The average Bonchev–Trinajstić information content (AvgIpc) is 2.65. The fourth-order valence-corrected chi connectivity index (χ4v) is 1.96. The van der Waals surface area contributed by atoms with Crippen molar-refractivity contribution in [1.29, 1.82) is 0 Å². The molecule has 0 unspecified atom stereocenters. The summed E-state index contributed by atoms with van der Waals surface area (Å²) >= 11 is 0. The highest BCUT2D eigenvalue weighted by Crippen LogP contribution is 2.27. The first-order valence-corrected chi connectivity index (χ1v) is 4.72. The van der Waals surface area contributed by atoms with Crippen LogP contribution in [0.1, 0.15) is 11.5 Å². The van der Waals surface area contributed by atoms with Gasteiger partial charge < -0.3 is 9.40 Å². The minimum Gasteiger partial charge on any atom is -0.459 e. The Bertz CT molecular complexity index is 560. The van der Waals surface area contributed by atoms with Gasteiger partial charge in [-0.2, -0.15) is 0 Å². The van der Waals surface area contributed by atoms with E-state index in [1.807, 2.05) is 6.92 Å². The first kappa shape index (κ1) is 7.68. The van der Waals surface area contributed by atoms with Crippen LogP contribution in [0.4, 0.5) is 0 Å². The summed E-state index contributed by atoms with van der Waals surface area (Å²) < 4.78 is 5.66. The van der Waals surface area contributed by atoms with Gasteiger partial charge in [-0.1, -0.05) is 12.1 Å². The number of aromatic nitrogens is 1. The van der Waals surface area contributed by atoms with Crippen LogP contribution in [0.25, 0.3) is 21.9 Å². The lowest BCUT2D eigenvalue weighted by Gasteiger charge is -1.90. The first-order chi connectivity index (χ1) is 6.74. The molecular weight excluding hydrogens is 174 g/mol. The van der Waals surface area contributed by atoms with Gasteiger partial charge in [0.05, 0.1) is 5.52 Å². The van der Waals surface area contributed by atoms with E-state index in [0.717, 1.165) is 22.2 Å². The second-order valence-corrected chi connectivity index (χ2v) is 3.76. The molecule has 3 rings (SSSR count). The van der Waals surface area contributed by atoms with Crippen molar-refractivity contribution in [2.45, 2.75) is 13.8 Å². The molecule has 0 spiro atoms. The zero-order valence-electron chi connectivity index (χ0n) is 8.22. The molecule has 0 radical (unpaired) electrons. The number of aromatic amines is 1. The number of nitrogens with one attached hydrogen (secondary N) is 1. The van der Waals surface area contributed by atoms with Crippen LogP contribution in [0.5, 0.6) is 0 Å². The Hall–Kier alpha value is -1.70. The minimum atomic E-state index is 0.958. The van der Waals surface area contributed by atoms with Gasteiger partial charge in [0, 0.05) is 16.5 Å². The third-order valence-corrected chi connectivity index (χ3v) is 2.54. The molecule has 0 aliphatic rings. The van der Waals surface area contributed by atoms with Gasteiger partial charge in [-0.25, -0.2) is 0 Å². The molecule has 0 amide bonds. The van der Waals surface area contributed by atoms with Crippen LogP contribution < -0.4 is 0 Å². The summed E-state index contributed by atoms with van der Waals surface area (Å²) in [5.41, 5.74) is 3.24. The molecule has 70 valence electrons. The normalized spacial score (nSPS) is 11.6. The highest BCUT2D eigenvalue weighted by Gasteiger charge is 2.06. The minimum absolute atomic E-state index is 0.958. The van der Waals surface area contributed by atoms with Gasteiger partial charge in [-0.15, -0.1) is 0 Å². The summed E-state index contributed by atoms with van der Waals surface area (Å²) in [7, 11) is 0. The summed E-state index contributed by atoms with van der Waals surface area (Å²) in [5, 5.41) is 2.38. The van der Waals surface area contributed by atoms with Crippen molar-refractivity contribution in [3.05, 3.63) is 35.7 Å². The number of H-pyrrole nitrogens is 1. The van der Waals surface area contributed by atoms with E-state index in [9.17, 15) is 0 Å². The average molecular weight is 185 g/mol. The third-order valence-electron chi connectivity index (χ3n) is 2.54. The monoisotopic (exact) mass is 185 g/mol. The summed E-state index contributed by atoms with van der Waals surface area (Å²) in [6.45, 7) is 4.03. The fourth-order valence-electron chi connectivity index (χ4n) is 1.96.